The monoisotopic (exact) mass is 453 g/mol. The first-order chi connectivity index (χ1) is 15.7. The lowest BCUT2D eigenvalue weighted by Gasteiger charge is -2.15. The molecular weight excluding hydrogens is 426 g/mol. The molecule has 0 bridgehead atoms. The molecule has 0 amide bonds. The second kappa shape index (κ2) is 9.42. The van der Waals surface area contributed by atoms with E-state index in [0.29, 0.717) is 30.5 Å². The fourth-order valence-electron chi connectivity index (χ4n) is 4.29. The minimum Gasteiger partial charge on any atom is -0.472 e. The fraction of sp³-hybridized carbons (Fsp3) is 0.458. The second-order valence-corrected chi connectivity index (χ2v) is 9.18. The van der Waals surface area contributed by atoms with E-state index in [1.165, 1.54) is 4.88 Å². The first kappa shape index (κ1) is 21.2. The highest BCUT2D eigenvalue weighted by Gasteiger charge is 2.28. The minimum atomic E-state index is -0.287. The Morgan fingerprint density at radius 1 is 1.19 bits per heavy atom. The Kier molecular flexibility index (Phi) is 6.23. The van der Waals surface area contributed by atoms with Crippen LogP contribution in [0.15, 0.2) is 24.3 Å². The lowest BCUT2D eigenvalue weighted by atomic mass is 9.95. The van der Waals surface area contributed by atoms with Crippen molar-refractivity contribution in [1.82, 2.24) is 9.97 Å². The number of carbonyl (C=O) groups is 1. The topological polar surface area (TPSA) is 82.6 Å². The summed E-state index contributed by atoms with van der Waals surface area (Å²) in [5.41, 5.74) is 3.26. The summed E-state index contributed by atoms with van der Waals surface area (Å²) in [4.78, 5) is 23.6. The van der Waals surface area contributed by atoms with Gasteiger partial charge in [0.2, 0.25) is 0 Å². The molecule has 1 aromatic carbocycles. The molecule has 0 spiro atoms. The summed E-state index contributed by atoms with van der Waals surface area (Å²) in [6, 6.07) is 7.70. The van der Waals surface area contributed by atoms with E-state index < -0.39 is 0 Å². The van der Waals surface area contributed by atoms with Crippen LogP contribution in [0.2, 0.25) is 0 Å². The fourth-order valence-corrected chi connectivity index (χ4v) is 5.57. The van der Waals surface area contributed by atoms with Crippen molar-refractivity contribution < 1.29 is 19.0 Å². The molecule has 0 saturated carbocycles. The quantitative estimate of drug-likeness (QED) is 0.501. The Balaban J connectivity index is 1.52. The van der Waals surface area contributed by atoms with E-state index in [-0.39, 0.29) is 12.1 Å². The molecular formula is C24H27N3O4S. The van der Waals surface area contributed by atoms with Crippen LogP contribution in [0.1, 0.15) is 53.4 Å². The van der Waals surface area contributed by atoms with Gasteiger partial charge in [0.05, 0.1) is 29.3 Å². The van der Waals surface area contributed by atoms with Gasteiger partial charge in [-0.3, -0.25) is 0 Å². The van der Waals surface area contributed by atoms with E-state index in [1.54, 1.807) is 11.3 Å². The molecule has 3 aromatic rings. The van der Waals surface area contributed by atoms with Gasteiger partial charge in [-0.05, 0) is 63.1 Å². The van der Waals surface area contributed by atoms with E-state index in [2.05, 4.69) is 5.32 Å². The predicted molar refractivity (Wildman–Crippen MR) is 124 cm³/mol. The van der Waals surface area contributed by atoms with Crippen molar-refractivity contribution in [2.45, 2.75) is 51.6 Å². The smallest absolute Gasteiger partial charge is 0.341 e. The number of fused-ring (bicyclic) bond motifs is 2. The maximum absolute atomic E-state index is 12.8. The number of hydrogen-bond donors (Lipinski definition) is 1. The van der Waals surface area contributed by atoms with Gasteiger partial charge in [0, 0.05) is 11.5 Å². The molecule has 1 aliphatic carbocycles. The van der Waals surface area contributed by atoms with Crippen LogP contribution in [0.5, 0.6) is 5.88 Å². The third kappa shape index (κ3) is 4.29. The summed E-state index contributed by atoms with van der Waals surface area (Å²) in [7, 11) is 0. The standard InChI is InChI=1S/C24H27N3O4S/c1-2-29-24(28)20-16-9-3-6-12-19(16)32-23(20)27-21-22(31-14-15-8-7-13-30-15)26-18-11-5-4-10-17(18)25-21/h4-5,10-11,15H,2-3,6-9,12-14H2,1H3,(H,25,27). The summed E-state index contributed by atoms with van der Waals surface area (Å²) in [5.74, 6) is 0.635. The molecule has 168 valence electrons. The van der Waals surface area contributed by atoms with Crippen LogP contribution in [0.4, 0.5) is 10.8 Å². The van der Waals surface area contributed by atoms with E-state index in [0.717, 1.165) is 66.7 Å². The summed E-state index contributed by atoms with van der Waals surface area (Å²) < 4.78 is 17.2. The van der Waals surface area contributed by atoms with E-state index >= 15 is 0 Å². The largest absolute Gasteiger partial charge is 0.472 e. The zero-order chi connectivity index (χ0) is 21.9. The highest BCUT2D eigenvalue weighted by atomic mass is 32.1. The number of benzene rings is 1. The number of para-hydroxylation sites is 2. The average molecular weight is 454 g/mol. The maximum atomic E-state index is 12.8. The van der Waals surface area contributed by atoms with Crippen LogP contribution in [-0.4, -0.2) is 41.9 Å². The van der Waals surface area contributed by atoms with Crippen molar-refractivity contribution >= 4 is 39.2 Å². The van der Waals surface area contributed by atoms with Crippen molar-refractivity contribution in [3.63, 3.8) is 0 Å². The molecule has 1 N–H and O–H groups in total. The summed E-state index contributed by atoms with van der Waals surface area (Å²) >= 11 is 1.61. The van der Waals surface area contributed by atoms with Gasteiger partial charge >= 0.3 is 5.97 Å². The van der Waals surface area contributed by atoms with Crippen LogP contribution >= 0.6 is 11.3 Å². The summed E-state index contributed by atoms with van der Waals surface area (Å²) in [6.45, 7) is 3.36. The number of nitrogens with zero attached hydrogens (tertiary/aromatic N) is 2. The number of esters is 1. The van der Waals surface area contributed by atoms with Crippen LogP contribution in [0, 0.1) is 0 Å². The zero-order valence-electron chi connectivity index (χ0n) is 18.2. The van der Waals surface area contributed by atoms with Crippen LogP contribution < -0.4 is 10.1 Å². The molecule has 1 aliphatic heterocycles. The third-order valence-corrected chi connectivity index (χ3v) is 7.06. The Bertz CT molecular complexity index is 1120. The molecule has 5 rings (SSSR count). The van der Waals surface area contributed by atoms with E-state index in [4.69, 9.17) is 24.2 Å². The molecule has 1 unspecified atom stereocenters. The van der Waals surface area contributed by atoms with Crippen LogP contribution in [-0.2, 0) is 22.3 Å². The average Bonchev–Trinajstić information content (AvgIpc) is 3.45. The van der Waals surface area contributed by atoms with Gasteiger partial charge in [-0.1, -0.05) is 12.1 Å². The number of aryl methyl sites for hydroxylation is 1. The van der Waals surface area contributed by atoms with Crippen molar-refractivity contribution in [2.24, 2.45) is 0 Å². The Labute approximate surface area is 191 Å². The molecule has 3 heterocycles. The van der Waals surface area contributed by atoms with Gasteiger partial charge < -0.3 is 19.5 Å². The summed E-state index contributed by atoms with van der Waals surface area (Å²) in [5, 5.41) is 4.14. The summed E-state index contributed by atoms with van der Waals surface area (Å²) in [6.07, 6.45) is 6.20. The Morgan fingerprint density at radius 2 is 2.00 bits per heavy atom. The van der Waals surface area contributed by atoms with Crippen molar-refractivity contribution in [1.29, 1.82) is 0 Å². The highest BCUT2D eigenvalue weighted by molar-refractivity contribution is 7.16. The molecule has 8 heteroatoms. The number of rotatable bonds is 7. The number of ether oxygens (including phenoxy) is 3. The predicted octanol–water partition coefficient (Wildman–Crippen LogP) is 5.05. The number of thiophene rings is 1. The van der Waals surface area contributed by atoms with E-state index in [9.17, 15) is 4.79 Å². The van der Waals surface area contributed by atoms with Crippen LogP contribution in [0.3, 0.4) is 0 Å². The number of carbonyl (C=O) groups excluding carboxylic acids is 1. The van der Waals surface area contributed by atoms with Gasteiger partial charge in [-0.15, -0.1) is 11.3 Å². The third-order valence-electron chi connectivity index (χ3n) is 5.85. The molecule has 1 atom stereocenters. The Morgan fingerprint density at radius 3 is 2.78 bits per heavy atom. The van der Waals surface area contributed by atoms with Gasteiger partial charge in [0.1, 0.15) is 11.6 Å². The lowest BCUT2D eigenvalue weighted by Crippen LogP contribution is -2.17. The molecule has 2 aromatic heterocycles. The first-order valence-electron chi connectivity index (χ1n) is 11.3. The molecule has 2 aliphatic rings. The van der Waals surface area contributed by atoms with Gasteiger partial charge in [0.25, 0.3) is 5.88 Å². The first-order valence-corrected chi connectivity index (χ1v) is 12.1. The zero-order valence-corrected chi connectivity index (χ0v) is 19.0. The molecule has 1 saturated heterocycles. The molecule has 0 radical (unpaired) electrons. The second-order valence-electron chi connectivity index (χ2n) is 8.07. The van der Waals surface area contributed by atoms with Gasteiger partial charge in [-0.2, -0.15) is 0 Å². The lowest BCUT2D eigenvalue weighted by molar-refractivity contribution is 0.0526. The van der Waals surface area contributed by atoms with Crippen molar-refractivity contribution in [2.75, 3.05) is 25.1 Å². The highest BCUT2D eigenvalue weighted by Crippen LogP contribution is 2.41. The SMILES string of the molecule is CCOC(=O)c1c(Nc2nc3ccccc3nc2OCC2CCCO2)sc2c1CCCC2. The maximum Gasteiger partial charge on any atom is 0.341 e. The van der Waals surface area contributed by atoms with Gasteiger partial charge in [-0.25, -0.2) is 14.8 Å². The van der Waals surface area contributed by atoms with Gasteiger partial charge in [0.15, 0.2) is 5.82 Å². The van der Waals surface area contributed by atoms with Crippen molar-refractivity contribution in [3.05, 3.63) is 40.3 Å². The number of hydrogen-bond acceptors (Lipinski definition) is 8. The number of aromatic nitrogens is 2. The Hall–Kier alpha value is -2.71. The molecule has 32 heavy (non-hydrogen) atoms. The van der Waals surface area contributed by atoms with Crippen molar-refractivity contribution in [3.8, 4) is 5.88 Å². The number of anilines is 2. The van der Waals surface area contributed by atoms with E-state index in [1.807, 2.05) is 31.2 Å². The van der Waals surface area contributed by atoms with Crippen LogP contribution in [0.25, 0.3) is 11.0 Å². The molecule has 1 fully saturated rings. The minimum absolute atomic E-state index is 0.0697. The number of nitrogens with one attached hydrogen (secondary N) is 1. The molecule has 7 nitrogen and oxygen atoms in total. The normalized spacial score (nSPS) is 17.8.